The average molecular weight is 290 g/mol. The fourth-order valence-corrected chi connectivity index (χ4v) is 2.49. The minimum Gasteiger partial charge on any atom is -0.370 e. The van der Waals surface area contributed by atoms with Crippen molar-refractivity contribution < 1.29 is 4.79 Å². The summed E-state index contributed by atoms with van der Waals surface area (Å²) in [7, 11) is 1.78. The van der Waals surface area contributed by atoms with Gasteiger partial charge < -0.3 is 10.2 Å². The SMILES string of the molecule is CCNc1ncccc1C(=O)N(C)Cc1csc(C)n1. The molecule has 20 heavy (non-hydrogen) atoms. The van der Waals surface area contributed by atoms with E-state index in [9.17, 15) is 4.79 Å². The van der Waals surface area contributed by atoms with Gasteiger partial charge >= 0.3 is 0 Å². The molecule has 0 spiro atoms. The first-order chi connectivity index (χ1) is 9.61. The van der Waals surface area contributed by atoms with Crippen LogP contribution in [0.25, 0.3) is 0 Å². The number of amides is 1. The molecule has 0 saturated heterocycles. The molecule has 2 aromatic heterocycles. The first-order valence-electron chi connectivity index (χ1n) is 6.47. The molecular formula is C14H18N4OS. The lowest BCUT2D eigenvalue weighted by Gasteiger charge is -2.17. The van der Waals surface area contributed by atoms with Crippen molar-refractivity contribution in [3.05, 3.63) is 40.0 Å². The third-order valence-electron chi connectivity index (χ3n) is 2.79. The van der Waals surface area contributed by atoms with Gasteiger partial charge in [-0.05, 0) is 26.0 Å². The van der Waals surface area contributed by atoms with Crippen LogP contribution in [0.3, 0.4) is 0 Å². The normalized spacial score (nSPS) is 10.3. The van der Waals surface area contributed by atoms with Gasteiger partial charge in [-0.2, -0.15) is 0 Å². The van der Waals surface area contributed by atoms with E-state index < -0.39 is 0 Å². The van der Waals surface area contributed by atoms with Crippen LogP contribution in [0.1, 0.15) is 28.0 Å². The van der Waals surface area contributed by atoms with E-state index >= 15 is 0 Å². The second-order valence-corrected chi connectivity index (χ2v) is 5.51. The van der Waals surface area contributed by atoms with Crippen molar-refractivity contribution in [2.45, 2.75) is 20.4 Å². The molecule has 0 aliphatic carbocycles. The Kier molecular flexibility index (Phi) is 4.68. The number of rotatable bonds is 5. The largest absolute Gasteiger partial charge is 0.370 e. The molecule has 5 nitrogen and oxygen atoms in total. The topological polar surface area (TPSA) is 58.1 Å². The molecule has 106 valence electrons. The van der Waals surface area contributed by atoms with Crippen LogP contribution in [-0.4, -0.2) is 34.4 Å². The summed E-state index contributed by atoms with van der Waals surface area (Å²) in [5.41, 5.74) is 1.50. The number of carbonyl (C=O) groups excluding carboxylic acids is 1. The number of aryl methyl sites for hydroxylation is 1. The van der Waals surface area contributed by atoms with Gasteiger partial charge in [0.1, 0.15) is 5.82 Å². The number of carbonyl (C=O) groups is 1. The molecule has 0 aliphatic rings. The van der Waals surface area contributed by atoms with E-state index in [1.54, 1.807) is 41.6 Å². The first kappa shape index (κ1) is 14.5. The van der Waals surface area contributed by atoms with Crippen molar-refractivity contribution in [1.82, 2.24) is 14.9 Å². The molecular weight excluding hydrogens is 272 g/mol. The summed E-state index contributed by atoms with van der Waals surface area (Å²) in [5, 5.41) is 6.10. The molecule has 0 saturated carbocycles. The molecule has 1 amide bonds. The Balaban J connectivity index is 2.14. The highest BCUT2D eigenvalue weighted by atomic mass is 32.1. The summed E-state index contributed by atoms with van der Waals surface area (Å²) in [6, 6.07) is 3.56. The minimum atomic E-state index is -0.0558. The van der Waals surface area contributed by atoms with Gasteiger partial charge in [0.25, 0.3) is 5.91 Å². The third-order valence-corrected chi connectivity index (χ3v) is 3.62. The summed E-state index contributed by atoms with van der Waals surface area (Å²) >= 11 is 1.59. The van der Waals surface area contributed by atoms with Gasteiger partial charge in [0.2, 0.25) is 0 Å². The first-order valence-corrected chi connectivity index (χ1v) is 7.35. The lowest BCUT2D eigenvalue weighted by molar-refractivity contribution is 0.0784. The summed E-state index contributed by atoms with van der Waals surface area (Å²) < 4.78 is 0. The van der Waals surface area contributed by atoms with Crippen LogP contribution in [0.2, 0.25) is 0 Å². The highest BCUT2D eigenvalue weighted by Gasteiger charge is 2.17. The number of pyridine rings is 1. The Morgan fingerprint density at radius 1 is 1.50 bits per heavy atom. The standard InChI is InChI=1S/C14H18N4OS/c1-4-15-13-12(6-5-7-16-13)14(19)18(3)8-11-9-20-10(2)17-11/h5-7,9H,4,8H2,1-3H3,(H,15,16). The van der Waals surface area contributed by atoms with Gasteiger partial charge in [-0.3, -0.25) is 4.79 Å². The fourth-order valence-electron chi connectivity index (χ4n) is 1.89. The Bertz CT molecular complexity index is 596. The van der Waals surface area contributed by atoms with Crippen LogP contribution in [0, 0.1) is 6.92 Å². The summed E-state index contributed by atoms with van der Waals surface area (Å²) in [4.78, 5) is 22.7. The third kappa shape index (κ3) is 3.33. The van der Waals surface area contributed by atoms with Crippen LogP contribution >= 0.6 is 11.3 Å². The van der Waals surface area contributed by atoms with E-state index in [0.717, 1.165) is 17.2 Å². The molecule has 0 unspecified atom stereocenters. The minimum absolute atomic E-state index is 0.0558. The van der Waals surface area contributed by atoms with Crippen molar-refractivity contribution in [1.29, 1.82) is 0 Å². The summed E-state index contributed by atoms with van der Waals surface area (Å²) in [5.74, 6) is 0.570. The molecule has 0 aromatic carbocycles. The van der Waals surface area contributed by atoms with E-state index in [1.807, 2.05) is 19.2 Å². The molecule has 2 rings (SSSR count). The van der Waals surface area contributed by atoms with Crippen LogP contribution in [0.4, 0.5) is 5.82 Å². The van der Waals surface area contributed by atoms with E-state index in [2.05, 4.69) is 15.3 Å². The number of thiazole rings is 1. The van der Waals surface area contributed by atoms with E-state index in [-0.39, 0.29) is 5.91 Å². The van der Waals surface area contributed by atoms with Gasteiger partial charge in [-0.1, -0.05) is 0 Å². The quantitative estimate of drug-likeness (QED) is 0.919. The van der Waals surface area contributed by atoms with Crippen LogP contribution in [0.15, 0.2) is 23.7 Å². The molecule has 0 radical (unpaired) electrons. The zero-order valence-corrected chi connectivity index (χ0v) is 12.7. The van der Waals surface area contributed by atoms with Gasteiger partial charge in [-0.25, -0.2) is 9.97 Å². The van der Waals surface area contributed by atoms with Crippen LogP contribution in [0.5, 0.6) is 0 Å². The second kappa shape index (κ2) is 6.47. The van der Waals surface area contributed by atoms with Crippen molar-refractivity contribution in [2.75, 3.05) is 18.9 Å². The van der Waals surface area contributed by atoms with Gasteiger partial charge in [-0.15, -0.1) is 11.3 Å². The summed E-state index contributed by atoms with van der Waals surface area (Å²) in [6.07, 6.45) is 1.68. The number of hydrogen-bond donors (Lipinski definition) is 1. The molecule has 6 heteroatoms. The number of aromatic nitrogens is 2. The van der Waals surface area contributed by atoms with Gasteiger partial charge in [0.05, 0.1) is 22.8 Å². The Hall–Kier alpha value is -1.95. The van der Waals surface area contributed by atoms with E-state index in [4.69, 9.17) is 0 Å². The molecule has 0 fully saturated rings. The maximum absolute atomic E-state index is 12.5. The van der Waals surface area contributed by atoms with Crippen molar-refractivity contribution in [3.63, 3.8) is 0 Å². The number of hydrogen-bond acceptors (Lipinski definition) is 5. The molecule has 1 N–H and O–H groups in total. The number of nitrogens with zero attached hydrogens (tertiary/aromatic N) is 3. The average Bonchev–Trinajstić information content (AvgIpc) is 2.84. The molecule has 2 heterocycles. The van der Waals surface area contributed by atoms with E-state index in [0.29, 0.717) is 17.9 Å². The Labute approximate surface area is 122 Å². The smallest absolute Gasteiger partial charge is 0.257 e. The predicted octanol–water partition coefficient (Wildman–Crippen LogP) is 2.55. The van der Waals surface area contributed by atoms with Crippen LogP contribution < -0.4 is 5.32 Å². The maximum Gasteiger partial charge on any atom is 0.257 e. The maximum atomic E-state index is 12.5. The van der Waals surface area contributed by atoms with E-state index in [1.165, 1.54) is 0 Å². The van der Waals surface area contributed by atoms with Crippen molar-refractivity contribution in [3.8, 4) is 0 Å². The second-order valence-electron chi connectivity index (χ2n) is 4.45. The van der Waals surface area contributed by atoms with Crippen LogP contribution in [-0.2, 0) is 6.54 Å². The van der Waals surface area contributed by atoms with Crippen molar-refractivity contribution in [2.24, 2.45) is 0 Å². The monoisotopic (exact) mass is 290 g/mol. The summed E-state index contributed by atoms with van der Waals surface area (Å²) in [6.45, 7) is 5.17. The zero-order chi connectivity index (χ0) is 14.5. The lowest BCUT2D eigenvalue weighted by Crippen LogP contribution is -2.27. The van der Waals surface area contributed by atoms with Gasteiger partial charge in [0.15, 0.2) is 0 Å². The molecule has 0 bridgehead atoms. The number of nitrogens with one attached hydrogen (secondary N) is 1. The lowest BCUT2D eigenvalue weighted by atomic mass is 10.2. The van der Waals surface area contributed by atoms with Crippen molar-refractivity contribution >= 4 is 23.1 Å². The molecule has 2 aromatic rings. The fraction of sp³-hybridized carbons (Fsp3) is 0.357. The molecule has 0 atom stereocenters. The highest BCUT2D eigenvalue weighted by Crippen LogP contribution is 2.16. The molecule has 0 aliphatic heterocycles. The number of anilines is 1. The van der Waals surface area contributed by atoms with Gasteiger partial charge in [0, 0.05) is 25.2 Å². The zero-order valence-electron chi connectivity index (χ0n) is 11.9. The Morgan fingerprint density at radius 2 is 2.30 bits per heavy atom. The highest BCUT2D eigenvalue weighted by molar-refractivity contribution is 7.09. The predicted molar refractivity (Wildman–Crippen MR) is 81.0 cm³/mol. The Morgan fingerprint density at radius 3 is 2.95 bits per heavy atom.